The Morgan fingerprint density at radius 3 is 2.71 bits per heavy atom. The van der Waals surface area contributed by atoms with Gasteiger partial charge in [-0.05, 0) is 37.3 Å². The number of carbonyl (C=O) groups is 4. The van der Waals surface area contributed by atoms with Crippen molar-refractivity contribution in [2.45, 2.75) is 45.2 Å². The van der Waals surface area contributed by atoms with Crippen molar-refractivity contribution in [1.29, 1.82) is 0 Å². The van der Waals surface area contributed by atoms with Crippen LogP contribution in [-0.4, -0.2) is 59.4 Å². The summed E-state index contributed by atoms with van der Waals surface area (Å²) in [6.45, 7) is 2.36. The topological polar surface area (TPSA) is 96.0 Å². The van der Waals surface area contributed by atoms with Gasteiger partial charge in [-0.15, -0.1) is 0 Å². The minimum absolute atomic E-state index is 0.0199. The van der Waals surface area contributed by atoms with E-state index in [9.17, 15) is 19.2 Å². The van der Waals surface area contributed by atoms with Crippen LogP contribution in [0.15, 0.2) is 24.3 Å². The zero-order valence-corrected chi connectivity index (χ0v) is 16.0. The molecule has 2 saturated heterocycles. The van der Waals surface area contributed by atoms with Gasteiger partial charge < -0.3 is 15.0 Å². The Hall–Kier alpha value is -2.90. The number of nitrogens with one attached hydrogen (secondary N) is 1. The minimum atomic E-state index is -0.638. The van der Waals surface area contributed by atoms with Gasteiger partial charge in [-0.25, -0.2) is 9.59 Å². The third kappa shape index (κ3) is 4.32. The number of hydrogen-bond acceptors (Lipinski definition) is 5. The number of urea groups is 1. The molecule has 2 heterocycles. The second-order valence-corrected chi connectivity index (χ2v) is 7.02. The van der Waals surface area contributed by atoms with Crippen molar-refractivity contribution in [3.63, 3.8) is 0 Å². The monoisotopic (exact) mass is 387 g/mol. The summed E-state index contributed by atoms with van der Waals surface area (Å²) < 4.78 is 5.26. The number of benzene rings is 1. The molecular weight excluding hydrogens is 362 g/mol. The largest absolute Gasteiger partial charge is 0.452 e. The van der Waals surface area contributed by atoms with E-state index in [1.165, 1.54) is 0 Å². The summed E-state index contributed by atoms with van der Waals surface area (Å²) in [5.41, 5.74) is 0.739. The molecule has 1 N–H and O–H groups in total. The van der Waals surface area contributed by atoms with Crippen LogP contribution in [0.2, 0.25) is 0 Å². The van der Waals surface area contributed by atoms with Crippen LogP contribution in [-0.2, 0) is 20.9 Å². The maximum absolute atomic E-state index is 12.5. The molecule has 1 aromatic rings. The molecule has 1 atom stereocenters. The van der Waals surface area contributed by atoms with Crippen LogP contribution >= 0.6 is 0 Å². The number of amides is 4. The van der Waals surface area contributed by atoms with E-state index in [-0.39, 0.29) is 43.1 Å². The van der Waals surface area contributed by atoms with E-state index in [1.807, 2.05) is 6.92 Å². The second kappa shape index (κ2) is 8.86. The average molecular weight is 387 g/mol. The summed E-state index contributed by atoms with van der Waals surface area (Å²) in [4.78, 5) is 51.4. The zero-order chi connectivity index (χ0) is 20.1. The van der Waals surface area contributed by atoms with Crippen molar-refractivity contribution in [2.24, 2.45) is 0 Å². The summed E-state index contributed by atoms with van der Waals surface area (Å²) in [7, 11) is 0. The van der Waals surface area contributed by atoms with Gasteiger partial charge >= 0.3 is 12.0 Å². The first-order valence-electron chi connectivity index (χ1n) is 9.64. The number of carbonyl (C=O) groups excluding carboxylic acids is 4. The summed E-state index contributed by atoms with van der Waals surface area (Å²) >= 11 is 0. The first kappa shape index (κ1) is 19.9. The molecule has 0 bridgehead atoms. The molecule has 0 aliphatic carbocycles. The maximum Gasteiger partial charge on any atom is 0.338 e. The summed E-state index contributed by atoms with van der Waals surface area (Å²) in [5, 5.41) is 2.45. The first-order valence-corrected chi connectivity index (χ1v) is 9.64. The third-order valence-corrected chi connectivity index (χ3v) is 5.25. The predicted molar refractivity (Wildman–Crippen MR) is 100 cm³/mol. The molecule has 28 heavy (non-hydrogen) atoms. The molecular formula is C20H25N3O5. The number of likely N-dealkylation sites (tertiary alicyclic amines) is 1. The number of piperidine rings is 1. The lowest BCUT2D eigenvalue weighted by molar-refractivity contribution is -0.138. The molecule has 0 spiro atoms. The normalized spacial score (nSPS) is 19.5. The highest BCUT2D eigenvalue weighted by Crippen LogP contribution is 2.20. The molecule has 3 rings (SSSR count). The first-order chi connectivity index (χ1) is 13.5. The van der Waals surface area contributed by atoms with Crippen molar-refractivity contribution < 1.29 is 23.9 Å². The SMILES string of the molecule is CCC1CCCCN1C(=O)COC(=O)c1ccccc1CN1C(=O)CNC1=O. The highest BCUT2D eigenvalue weighted by molar-refractivity contribution is 6.02. The quantitative estimate of drug-likeness (QED) is 0.592. The summed E-state index contributed by atoms with van der Waals surface area (Å²) in [5.74, 6) is -1.17. The summed E-state index contributed by atoms with van der Waals surface area (Å²) in [6.07, 6.45) is 3.93. The number of nitrogens with zero attached hydrogens (tertiary/aromatic N) is 2. The average Bonchev–Trinajstić information content (AvgIpc) is 3.04. The van der Waals surface area contributed by atoms with E-state index < -0.39 is 12.0 Å². The van der Waals surface area contributed by atoms with E-state index in [1.54, 1.807) is 29.2 Å². The number of hydrogen-bond donors (Lipinski definition) is 1. The lowest BCUT2D eigenvalue weighted by atomic mass is 10.00. The Bertz CT molecular complexity index is 763. The summed E-state index contributed by atoms with van der Waals surface area (Å²) in [6, 6.07) is 6.33. The van der Waals surface area contributed by atoms with Crippen molar-refractivity contribution in [3.05, 3.63) is 35.4 Å². The molecule has 2 aliphatic rings. The van der Waals surface area contributed by atoms with Crippen LogP contribution in [0.5, 0.6) is 0 Å². The molecule has 2 fully saturated rings. The zero-order valence-electron chi connectivity index (χ0n) is 16.0. The highest BCUT2D eigenvalue weighted by Gasteiger charge is 2.30. The number of imide groups is 1. The molecule has 1 unspecified atom stereocenters. The van der Waals surface area contributed by atoms with Crippen LogP contribution in [0.4, 0.5) is 4.79 Å². The molecule has 2 aliphatic heterocycles. The van der Waals surface area contributed by atoms with Gasteiger partial charge in [-0.3, -0.25) is 14.5 Å². The molecule has 0 saturated carbocycles. The molecule has 150 valence electrons. The van der Waals surface area contributed by atoms with Gasteiger partial charge in [0.1, 0.15) is 0 Å². The van der Waals surface area contributed by atoms with Crippen molar-refractivity contribution in [1.82, 2.24) is 15.1 Å². The van der Waals surface area contributed by atoms with Crippen LogP contribution in [0, 0.1) is 0 Å². The fourth-order valence-corrected chi connectivity index (χ4v) is 3.68. The number of ether oxygens (including phenoxy) is 1. The van der Waals surface area contributed by atoms with E-state index in [4.69, 9.17) is 4.74 Å². The fourth-order valence-electron chi connectivity index (χ4n) is 3.68. The lowest BCUT2D eigenvalue weighted by Gasteiger charge is -2.35. The Balaban J connectivity index is 1.64. The van der Waals surface area contributed by atoms with E-state index in [0.29, 0.717) is 12.1 Å². The van der Waals surface area contributed by atoms with Gasteiger partial charge in [-0.1, -0.05) is 25.1 Å². The lowest BCUT2D eigenvalue weighted by Crippen LogP contribution is -2.45. The van der Waals surface area contributed by atoms with Gasteiger partial charge in [0.25, 0.3) is 5.91 Å². The molecule has 8 nitrogen and oxygen atoms in total. The standard InChI is InChI=1S/C20H25N3O5/c1-2-15-8-5-6-10-22(15)18(25)13-28-19(26)16-9-4-3-7-14(16)12-23-17(24)11-21-20(23)27/h3-4,7,9,15H,2,5-6,8,10-13H2,1H3,(H,21,27). The maximum atomic E-state index is 12.5. The van der Waals surface area contributed by atoms with E-state index in [2.05, 4.69) is 5.32 Å². The Morgan fingerprint density at radius 1 is 1.21 bits per heavy atom. The van der Waals surface area contributed by atoms with E-state index >= 15 is 0 Å². The van der Waals surface area contributed by atoms with Crippen molar-refractivity contribution >= 4 is 23.8 Å². The minimum Gasteiger partial charge on any atom is -0.452 e. The van der Waals surface area contributed by atoms with Gasteiger partial charge in [0.15, 0.2) is 6.61 Å². The van der Waals surface area contributed by atoms with Crippen LogP contribution in [0.25, 0.3) is 0 Å². The van der Waals surface area contributed by atoms with Gasteiger partial charge in [-0.2, -0.15) is 0 Å². The molecule has 0 radical (unpaired) electrons. The fraction of sp³-hybridized carbons (Fsp3) is 0.500. The van der Waals surface area contributed by atoms with Crippen LogP contribution in [0.1, 0.15) is 48.5 Å². The highest BCUT2D eigenvalue weighted by atomic mass is 16.5. The van der Waals surface area contributed by atoms with Crippen molar-refractivity contribution in [3.8, 4) is 0 Å². The predicted octanol–water partition coefficient (Wildman–Crippen LogP) is 1.69. The Labute approximate surface area is 163 Å². The Morgan fingerprint density at radius 2 is 2.00 bits per heavy atom. The molecule has 1 aromatic carbocycles. The molecule has 0 aromatic heterocycles. The molecule has 8 heteroatoms. The van der Waals surface area contributed by atoms with Gasteiger partial charge in [0.2, 0.25) is 5.91 Å². The van der Waals surface area contributed by atoms with Crippen molar-refractivity contribution in [2.75, 3.05) is 19.7 Å². The number of rotatable bonds is 6. The van der Waals surface area contributed by atoms with E-state index in [0.717, 1.165) is 30.6 Å². The Kier molecular flexibility index (Phi) is 6.28. The van der Waals surface area contributed by atoms with Gasteiger partial charge in [0, 0.05) is 12.6 Å². The van der Waals surface area contributed by atoms with Crippen LogP contribution in [0.3, 0.4) is 0 Å². The molecule has 4 amide bonds. The number of esters is 1. The van der Waals surface area contributed by atoms with Crippen LogP contribution < -0.4 is 5.32 Å². The van der Waals surface area contributed by atoms with Gasteiger partial charge in [0.05, 0.1) is 18.7 Å². The smallest absolute Gasteiger partial charge is 0.338 e. The third-order valence-electron chi connectivity index (χ3n) is 5.25. The second-order valence-electron chi connectivity index (χ2n) is 7.02.